The topological polar surface area (TPSA) is 76.9 Å². The SMILES string of the molecule is Cc1cccnc1NC(=O)Cn1cnc(-c2cccs2)cc1=O. The summed E-state index contributed by atoms with van der Waals surface area (Å²) in [5.41, 5.74) is 1.21. The summed E-state index contributed by atoms with van der Waals surface area (Å²) in [4.78, 5) is 33.4. The smallest absolute Gasteiger partial charge is 0.254 e. The maximum absolute atomic E-state index is 12.1. The summed E-state index contributed by atoms with van der Waals surface area (Å²) in [6, 6.07) is 8.88. The lowest BCUT2D eigenvalue weighted by Crippen LogP contribution is -2.27. The maximum Gasteiger partial charge on any atom is 0.254 e. The fraction of sp³-hybridized carbons (Fsp3) is 0.125. The molecule has 116 valence electrons. The van der Waals surface area contributed by atoms with Gasteiger partial charge in [-0.15, -0.1) is 11.3 Å². The first-order chi connectivity index (χ1) is 11.1. The largest absolute Gasteiger partial charge is 0.309 e. The van der Waals surface area contributed by atoms with Crippen LogP contribution >= 0.6 is 11.3 Å². The van der Waals surface area contributed by atoms with Crippen LogP contribution in [0.1, 0.15) is 5.56 Å². The summed E-state index contributed by atoms with van der Waals surface area (Å²) >= 11 is 1.51. The quantitative estimate of drug-likeness (QED) is 0.798. The predicted octanol–water partition coefficient (Wildman–Crippen LogP) is 2.31. The zero-order valence-corrected chi connectivity index (χ0v) is 13.2. The highest BCUT2D eigenvalue weighted by Crippen LogP contribution is 2.20. The highest BCUT2D eigenvalue weighted by molar-refractivity contribution is 7.13. The third-order valence-corrected chi connectivity index (χ3v) is 4.13. The number of thiophene rings is 1. The van der Waals surface area contributed by atoms with Gasteiger partial charge in [0.1, 0.15) is 12.4 Å². The van der Waals surface area contributed by atoms with Crippen LogP contribution in [0.2, 0.25) is 0 Å². The van der Waals surface area contributed by atoms with Crippen molar-refractivity contribution in [1.82, 2.24) is 14.5 Å². The number of aromatic nitrogens is 3. The van der Waals surface area contributed by atoms with Gasteiger partial charge in [-0.2, -0.15) is 0 Å². The highest BCUT2D eigenvalue weighted by atomic mass is 32.1. The van der Waals surface area contributed by atoms with Crippen LogP contribution in [-0.2, 0) is 11.3 Å². The average Bonchev–Trinajstić information content (AvgIpc) is 3.06. The molecule has 0 aliphatic heterocycles. The number of rotatable bonds is 4. The molecule has 0 spiro atoms. The molecule has 0 saturated heterocycles. The number of pyridine rings is 1. The molecule has 1 N–H and O–H groups in total. The van der Waals surface area contributed by atoms with Crippen LogP contribution in [0.3, 0.4) is 0 Å². The molecule has 0 unspecified atom stereocenters. The van der Waals surface area contributed by atoms with Crippen molar-refractivity contribution in [1.29, 1.82) is 0 Å². The fourth-order valence-electron chi connectivity index (χ4n) is 2.05. The molecule has 23 heavy (non-hydrogen) atoms. The Kier molecular flexibility index (Phi) is 4.29. The Morgan fingerprint density at radius 2 is 2.17 bits per heavy atom. The Hall–Kier alpha value is -2.80. The summed E-state index contributed by atoms with van der Waals surface area (Å²) in [6.45, 7) is 1.75. The number of anilines is 1. The van der Waals surface area contributed by atoms with E-state index in [1.54, 1.807) is 12.3 Å². The molecule has 0 saturated carbocycles. The van der Waals surface area contributed by atoms with Gasteiger partial charge < -0.3 is 5.32 Å². The van der Waals surface area contributed by atoms with Gasteiger partial charge in [0.15, 0.2) is 0 Å². The van der Waals surface area contributed by atoms with E-state index < -0.39 is 0 Å². The second-order valence-electron chi connectivity index (χ2n) is 4.93. The molecule has 3 aromatic rings. The Morgan fingerprint density at radius 1 is 1.30 bits per heavy atom. The predicted molar refractivity (Wildman–Crippen MR) is 89.4 cm³/mol. The molecule has 0 fully saturated rings. The van der Waals surface area contributed by atoms with Gasteiger partial charge in [-0.3, -0.25) is 14.2 Å². The van der Waals surface area contributed by atoms with Crippen molar-refractivity contribution in [3.63, 3.8) is 0 Å². The summed E-state index contributed by atoms with van der Waals surface area (Å²) < 4.78 is 1.27. The lowest BCUT2D eigenvalue weighted by Gasteiger charge is -2.08. The van der Waals surface area contributed by atoms with Crippen molar-refractivity contribution < 1.29 is 4.79 Å². The van der Waals surface area contributed by atoms with Crippen molar-refractivity contribution >= 4 is 23.1 Å². The van der Waals surface area contributed by atoms with E-state index in [0.29, 0.717) is 11.5 Å². The molecule has 0 radical (unpaired) electrons. The van der Waals surface area contributed by atoms with Gasteiger partial charge in [-0.05, 0) is 30.0 Å². The van der Waals surface area contributed by atoms with Gasteiger partial charge in [-0.1, -0.05) is 12.1 Å². The van der Waals surface area contributed by atoms with Gasteiger partial charge in [0, 0.05) is 12.3 Å². The van der Waals surface area contributed by atoms with Gasteiger partial charge in [0.2, 0.25) is 5.91 Å². The van der Waals surface area contributed by atoms with E-state index in [2.05, 4.69) is 15.3 Å². The summed E-state index contributed by atoms with van der Waals surface area (Å²) in [5.74, 6) is 0.174. The molecule has 0 bridgehead atoms. The molecular weight excluding hydrogens is 312 g/mol. The van der Waals surface area contributed by atoms with Crippen molar-refractivity contribution in [2.45, 2.75) is 13.5 Å². The Bertz CT molecular complexity index is 887. The zero-order chi connectivity index (χ0) is 16.2. The molecule has 3 heterocycles. The van der Waals surface area contributed by atoms with Crippen LogP contribution in [0.15, 0.2) is 53.0 Å². The Morgan fingerprint density at radius 3 is 2.87 bits per heavy atom. The van der Waals surface area contributed by atoms with Crippen molar-refractivity contribution in [2.75, 3.05) is 5.32 Å². The third kappa shape index (κ3) is 3.51. The van der Waals surface area contributed by atoms with Gasteiger partial charge in [-0.25, -0.2) is 9.97 Å². The number of amides is 1. The summed E-state index contributed by atoms with van der Waals surface area (Å²) in [5, 5.41) is 4.61. The van der Waals surface area contributed by atoms with Gasteiger partial charge in [0.25, 0.3) is 5.56 Å². The summed E-state index contributed by atoms with van der Waals surface area (Å²) in [7, 11) is 0. The second-order valence-corrected chi connectivity index (χ2v) is 5.88. The zero-order valence-electron chi connectivity index (χ0n) is 12.4. The number of carbonyl (C=O) groups is 1. The molecular formula is C16H14N4O2S. The third-order valence-electron chi connectivity index (χ3n) is 3.23. The van der Waals surface area contributed by atoms with Crippen LogP contribution in [0, 0.1) is 6.92 Å². The normalized spacial score (nSPS) is 10.5. The average molecular weight is 326 g/mol. The second kappa shape index (κ2) is 6.53. The van der Waals surface area contributed by atoms with E-state index in [9.17, 15) is 9.59 Å². The van der Waals surface area contributed by atoms with Crippen LogP contribution in [-0.4, -0.2) is 20.4 Å². The van der Waals surface area contributed by atoms with Crippen LogP contribution in [0.25, 0.3) is 10.6 Å². The molecule has 1 amide bonds. The Labute approximate surface area is 136 Å². The molecule has 0 aliphatic rings. The number of carbonyl (C=O) groups excluding carboxylic acids is 1. The van der Waals surface area contributed by atoms with E-state index in [4.69, 9.17) is 0 Å². The molecule has 3 rings (SSSR count). The van der Waals surface area contributed by atoms with Crippen LogP contribution in [0.4, 0.5) is 5.82 Å². The highest BCUT2D eigenvalue weighted by Gasteiger charge is 2.09. The number of aryl methyl sites for hydroxylation is 1. The van der Waals surface area contributed by atoms with Gasteiger partial charge in [0.05, 0.1) is 16.9 Å². The van der Waals surface area contributed by atoms with Crippen LogP contribution < -0.4 is 10.9 Å². The minimum absolute atomic E-state index is 0.105. The first-order valence-electron chi connectivity index (χ1n) is 6.95. The minimum atomic E-state index is -0.320. The standard InChI is InChI=1S/C16H14N4O2S/c1-11-4-2-6-17-16(11)19-14(21)9-20-10-18-12(8-15(20)22)13-5-3-7-23-13/h2-8,10H,9H2,1H3,(H,17,19,21). The number of nitrogens with one attached hydrogen (secondary N) is 1. The minimum Gasteiger partial charge on any atom is -0.309 e. The number of hydrogen-bond donors (Lipinski definition) is 1. The first-order valence-corrected chi connectivity index (χ1v) is 7.83. The number of nitrogens with zero attached hydrogens (tertiary/aromatic N) is 3. The van der Waals surface area contributed by atoms with E-state index in [0.717, 1.165) is 10.4 Å². The first kappa shape index (κ1) is 15.1. The maximum atomic E-state index is 12.1. The molecule has 0 aliphatic carbocycles. The van der Waals surface area contributed by atoms with E-state index in [-0.39, 0.29) is 18.0 Å². The van der Waals surface area contributed by atoms with Crippen molar-refractivity contribution in [3.8, 4) is 10.6 Å². The van der Waals surface area contributed by atoms with Gasteiger partial charge >= 0.3 is 0 Å². The van der Waals surface area contributed by atoms with E-state index >= 15 is 0 Å². The molecule has 6 nitrogen and oxygen atoms in total. The van der Waals surface area contributed by atoms with E-state index in [1.807, 2.05) is 30.5 Å². The monoisotopic (exact) mass is 326 g/mol. The molecule has 0 atom stereocenters. The Balaban J connectivity index is 1.74. The lowest BCUT2D eigenvalue weighted by molar-refractivity contribution is -0.116. The van der Waals surface area contributed by atoms with Crippen molar-refractivity contribution in [3.05, 3.63) is 64.2 Å². The number of hydrogen-bond acceptors (Lipinski definition) is 5. The van der Waals surface area contributed by atoms with E-state index in [1.165, 1.54) is 28.3 Å². The lowest BCUT2D eigenvalue weighted by atomic mass is 10.3. The van der Waals surface area contributed by atoms with Crippen LogP contribution in [0.5, 0.6) is 0 Å². The molecule has 0 aromatic carbocycles. The molecule has 7 heteroatoms. The summed E-state index contributed by atoms with van der Waals surface area (Å²) in [6.07, 6.45) is 2.99. The molecule has 3 aromatic heterocycles. The van der Waals surface area contributed by atoms with Crippen molar-refractivity contribution in [2.24, 2.45) is 0 Å². The fourth-order valence-corrected chi connectivity index (χ4v) is 2.74.